The topological polar surface area (TPSA) is 77.6 Å². The van der Waals surface area contributed by atoms with E-state index in [0.29, 0.717) is 6.54 Å². The van der Waals surface area contributed by atoms with Crippen molar-refractivity contribution in [3.8, 4) is 0 Å². The van der Waals surface area contributed by atoms with Crippen LogP contribution in [0.25, 0.3) is 11.0 Å². The van der Waals surface area contributed by atoms with Crippen LogP contribution in [-0.4, -0.2) is 30.5 Å². The molecule has 1 atom stereocenters. The number of nitrogens with zero attached hydrogens (tertiary/aromatic N) is 5. The molecular formula is C22H23FN6O. The summed E-state index contributed by atoms with van der Waals surface area (Å²) in [5.74, 6) is 0.187. The molecule has 2 heterocycles. The van der Waals surface area contributed by atoms with E-state index in [1.54, 1.807) is 23.0 Å². The Morgan fingerprint density at radius 2 is 1.90 bits per heavy atom. The number of carbonyl (C=O) groups excluding carboxylic acids is 1. The molecule has 0 unspecified atom stereocenters. The van der Waals surface area contributed by atoms with Crippen LogP contribution in [0.5, 0.6) is 0 Å². The number of carbonyl (C=O) groups is 1. The van der Waals surface area contributed by atoms with Crippen LogP contribution in [0.1, 0.15) is 48.2 Å². The molecule has 0 spiro atoms. The van der Waals surface area contributed by atoms with E-state index in [4.69, 9.17) is 0 Å². The average Bonchev–Trinajstić information content (AvgIpc) is 3.38. The third kappa shape index (κ3) is 3.80. The lowest BCUT2D eigenvalue weighted by Crippen LogP contribution is -2.25. The first kappa shape index (κ1) is 19.8. The number of halogens is 1. The van der Waals surface area contributed by atoms with Crippen LogP contribution in [0.3, 0.4) is 0 Å². The van der Waals surface area contributed by atoms with E-state index in [1.165, 1.54) is 12.1 Å². The van der Waals surface area contributed by atoms with Crippen LogP contribution in [-0.2, 0) is 13.1 Å². The van der Waals surface area contributed by atoms with E-state index in [-0.39, 0.29) is 23.5 Å². The number of benzene rings is 2. The Morgan fingerprint density at radius 1 is 1.13 bits per heavy atom. The summed E-state index contributed by atoms with van der Waals surface area (Å²) in [5, 5.41) is 11.0. The predicted molar refractivity (Wildman–Crippen MR) is 111 cm³/mol. The molecule has 0 aliphatic heterocycles. The molecule has 30 heavy (non-hydrogen) atoms. The second kappa shape index (κ2) is 8.44. The summed E-state index contributed by atoms with van der Waals surface area (Å²) < 4.78 is 16.9. The van der Waals surface area contributed by atoms with Gasteiger partial charge in [-0.1, -0.05) is 36.4 Å². The molecule has 0 saturated heterocycles. The Kier molecular flexibility index (Phi) is 5.56. The molecule has 0 bridgehead atoms. The second-order valence-electron chi connectivity index (χ2n) is 7.00. The Labute approximate surface area is 173 Å². The van der Waals surface area contributed by atoms with Crippen molar-refractivity contribution >= 4 is 16.9 Å². The van der Waals surface area contributed by atoms with Gasteiger partial charge in [0.05, 0.1) is 29.8 Å². The smallest absolute Gasteiger partial charge is 0.273 e. The minimum absolute atomic E-state index is 0.121. The largest absolute Gasteiger partial charge is 0.343 e. The fourth-order valence-corrected chi connectivity index (χ4v) is 3.66. The van der Waals surface area contributed by atoms with Gasteiger partial charge in [-0.05, 0) is 43.2 Å². The number of aromatic nitrogens is 5. The van der Waals surface area contributed by atoms with Crippen LogP contribution in [0.4, 0.5) is 4.39 Å². The summed E-state index contributed by atoms with van der Waals surface area (Å²) in [6.45, 7) is 5.11. The molecule has 4 rings (SSSR count). The van der Waals surface area contributed by atoms with Crippen molar-refractivity contribution in [1.82, 2.24) is 29.9 Å². The average molecular weight is 406 g/mol. The molecule has 0 radical (unpaired) electrons. The van der Waals surface area contributed by atoms with Gasteiger partial charge in [-0.2, -0.15) is 0 Å². The highest BCUT2D eigenvalue weighted by Crippen LogP contribution is 2.21. The molecule has 8 heteroatoms. The highest BCUT2D eigenvalue weighted by Gasteiger charge is 2.18. The maximum atomic E-state index is 13.2. The Morgan fingerprint density at radius 3 is 2.63 bits per heavy atom. The third-order valence-corrected chi connectivity index (χ3v) is 5.16. The number of rotatable bonds is 7. The van der Waals surface area contributed by atoms with Gasteiger partial charge in [0.15, 0.2) is 5.69 Å². The molecule has 0 aliphatic rings. The van der Waals surface area contributed by atoms with Crippen LogP contribution in [0, 0.1) is 5.82 Å². The van der Waals surface area contributed by atoms with Gasteiger partial charge in [-0.25, -0.2) is 14.1 Å². The van der Waals surface area contributed by atoms with Gasteiger partial charge in [-0.3, -0.25) is 4.79 Å². The summed E-state index contributed by atoms with van der Waals surface area (Å²) in [6, 6.07) is 14.1. The molecule has 0 saturated carbocycles. The lowest BCUT2D eigenvalue weighted by molar-refractivity contribution is 0.0944. The SMILES string of the molecule is CC[C@H](c1ccc(F)cc1)n1cc(C(=O)NCc2nc3ccccc3n2CC)nn1. The predicted octanol–water partition coefficient (Wildman–Crippen LogP) is 3.72. The van der Waals surface area contributed by atoms with Gasteiger partial charge in [0.25, 0.3) is 5.91 Å². The Bertz CT molecular complexity index is 1160. The van der Waals surface area contributed by atoms with Gasteiger partial charge in [-0.15, -0.1) is 5.10 Å². The summed E-state index contributed by atoms with van der Waals surface area (Å²) in [6.07, 6.45) is 2.35. The molecule has 1 amide bonds. The zero-order valence-electron chi connectivity index (χ0n) is 16.9. The summed E-state index contributed by atoms with van der Waals surface area (Å²) in [7, 11) is 0. The molecule has 0 fully saturated rings. The molecule has 0 aliphatic carbocycles. The van der Waals surface area contributed by atoms with Crippen molar-refractivity contribution in [2.45, 2.75) is 39.4 Å². The zero-order valence-corrected chi connectivity index (χ0v) is 16.9. The second-order valence-corrected chi connectivity index (χ2v) is 7.00. The molecule has 2 aromatic carbocycles. The maximum absolute atomic E-state index is 13.2. The van der Waals surface area contributed by atoms with Gasteiger partial charge < -0.3 is 9.88 Å². The fraction of sp³-hybridized carbons (Fsp3) is 0.273. The van der Waals surface area contributed by atoms with Gasteiger partial charge in [0.1, 0.15) is 11.6 Å². The third-order valence-electron chi connectivity index (χ3n) is 5.16. The zero-order chi connectivity index (χ0) is 21.1. The van der Waals surface area contributed by atoms with Crippen molar-refractivity contribution in [3.63, 3.8) is 0 Å². The number of hydrogen-bond donors (Lipinski definition) is 1. The van der Waals surface area contributed by atoms with Crippen molar-refractivity contribution in [3.05, 3.63) is 77.6 Å². The lowest BCUT2D eigenvalue weighted by atomic mass is 10.0. The van der Waals surface area contributed by atoms with E-state index in [0.717, 1.165) is 35.4 Å². The molecular weight excluding hydrogens is 383 g/mol. The highest BCUT2D eigenvalue weighted by atomic mass is 19.1. The number of nitrogens with one attached hydrogen (secondary N) is 1. The molecule has 7 nitrogen and oxygen atoms in total. The van der Waals surface area contributed by atoms with Crippen molar-refractivity contribution < 1.29 is 9.18 Å². The number of fused-ring (bicyclic) bond motifs is 1. The standard InChI is InChI=1S/C22H23FN6O/c1-3-19(15-9-11-16(23)12-10-15)29-14-18(26-27-29)22(30)24-13-21-25-17-7-5-6-8-20(17)28(21)4-2/h5-12,14,19H,3-4,13H2,1-2H3,(H,24,30)/t19-/m1/s1. The molecule has 2 aromatic heterocycles. The monoisotopic (exact) mass is 406 g/mol. The quantitative estimate of drug-likeness (QED) is 0.507. The normalized spacial score (nSPS) is 12.2. The van der Waals surface area contributed by atoms with Gasteiger partial charge >= 0.3 is 0 Å². The number of aryl methyl sites for hydroxylation is 1. The van der Waals surface area contributed by atoms with E-state index in [2.05, 4.69) is 25.2 Å². The van der Waals surface area contributed by atoms with Crippen LogP contribution in [0.2, 0.25) is 0 Å². The highest BCUT2D eigenvalue weighted by molar-refractivity contribution is 5.91. The summed E-state index contributed by atoms with van der Waals surface area (Å²) in [4.78, 5) is 17.2. The first-order valence-corrected chi connectivity index (χ1v) is 10.00. The Hall–Kier alpha value is -3.55. The van der Waals surface area contributed by atoms with E-state index >= 15 is 0 Å². The lowest BCUT2D eigenvalue weighted by Gasteiger charge is -2.15. The van der Waals surface area contributed by atoms with Crippen LogP contribution < -0.4 is 5.32 Å². The summed E-state index contributed by atoms with van der Waals surface area (Å²) >= 11 is 0. The Balaban J connectivity index is 1.49. The first-order valence-electron chi connectivity index (χ1n) is 10.00. The van der Waals surface area contributed by atoms with Crippen LogP contribution >= 0.6 is 0 Å². The minimum Gasteiger partial charge on any atom is -0.343 e. The molecule has 4 aromatic rings. The van der Waals surface area contributed by atoms with E-state index in [1.807, 2.05) is 38.1 Å². The summed E-state index contributed by atoms with van der Waals surface area (Å²) in [5.41, 5.74) is 3.09. The van der Waals surface area contributed by atoms with E-state index in [9.17, 15) is 9.18 Å². The number of hydrogen-bond acceptors (Lipinski definition) is 4. The molecule has 1 N–H and O–H groups in total. The molecule has 154 valence electrons. The first-order chi connectivity index (χ1) is 14.6. The van der Waals surface area contributed by atoms with Gasteiger partial charge in [0.2, 0.25) is 0 Å². The fourth-order valence-electron chi connectivity index (χ4n) is 3.66. The van der Waals surface area contributed by atoms with Crippen molar-refractivity contribution in [2.24, 2.45) is 0 Å². The van der Waals surface area contributed by atoms with Crippen molar-refractivity contribution in [1.29, 1.82) is 0 Å². The number of para-hydroxylation sites is 2. The number of amides is 1. The number of imidazole rings is 1. The maximum Gasteiger partial charge on any atom is 0.273 e. The minimum atomic E-state index is -0.315. The van der Waals surface area contributed by atoms with Crippen LogP contribution in [0.15, 0.2) is 54.7 Å². The van der Waals surface area contributed by atoms with Crippen molar-refractivity contribution in [2.75, 3.05) is 0 Å². The van der Waals surface area contributed by atoms with Gasteiger partial charge in [0, 0.05) is 6.54 Å². The van der Waals surface area contributed by atoms with E-state index < -0.39 is 0 Å².